The van der Waals surface area contributed by atoms with Gasteiger partial charge in [-0.3, -0.25) is 4.79 Å². The number of hydrogen-bond acceptors (Lipinski definition) is 3. The molecular formula is C19H19Cl2NO3. The molecule has 6 heteroatoms. The third kappa shape index (κ3) is 6.07. The molecule has 0 spiro atoms. The summed E-state index contributed by atoms with van der Waals surface area (Å²) < 4.78 is 4.79. The minimum atomic E-state index is -0.799. The minimum Gasteiger partial charge on any atom is -0.467 e. The van der Waals surface area contributed by atoms with Crippen molar-refractivity contribution in [2.24, 2.45) is 0 Å². The lowest BCUT2D eigenvalue weighted by Crippen LogP contribution is -2.43. The van der Waals surface area contributed by atoms with Gasteiger partial charge in [0, 0.05) is 22.9 Å². The van der Waals surface area contributed by atoms with E-state index in [0.717, 1.165) is 5.56 Å². The average Bonchev–Trinajstić information content (AvgIpc) is 2.61. The van der Waals surface area contributed by atoms with E-state index in [9.17, 15) is 9.59 Å². The summed E-state index contributed by atoms with van der Waals surface area (Å²) in [4.78, 5) is 24.2. The number of rotatable bonds is 7. The summed E-state index contributed by atoms with van der Waals surface area (Å²) >= 11 is 12.0. The van der Waals surface area contributed by atoms with Gasteiger partial charge in [-0.25, -0.2) is 4.79 Å². The van der Waals surface area contributed by atoms with Gasteiger partial charge < -0.3 is 10.1 Å². The Morgan fingerprint density at radius 2 is 1.84 bits per heavy atom. The Labute approximate surface area is 157 Å². The van der Waals surface area contributed by atoms with Gasteiger partial charge in [0.1, 0.15) is 6.04 Å². The van der Waals surface area contributed by atoms with Crippen LogP contribution in [0.1, 0.15) is 17.5 Å². The summed E-state index contributed by atoms with van der Waals surface area (Å²) in [6.45, 7) is 0. The number of halogens is 2. The van der Waals surface area contributed by atoms with E-state index in [1.807, 2.05) is 30.3 Å². The van der Waals surface area contributed by atoms with Crippen molar-refractivity contribution in [3.8, 4) is 0 Å². The third-order valence-corrected chi connectivity index (χ3v) is 4.33. The molecular weight excluding hydrogens is 361 g/mol. The molecule has 0 heterocycles. The molecule has 2 aromatic carbocycles. The molecule has 132 valence electrons. The first-order valence-electron chi connectivity index (χ1n) is 7.84. The Hall–Kier alpha value is -2.04. The minimum absolute atomic E-state index is 0.218. The summed E-state index contributed by atoms with van der Waals surface area (Å²) in [5.74, 6) is -0.733. The zero-order chi connectivity index (χ0) is 18.2. The van der Waals surface area contributed by atoms with Crippen molar-refractivity contribution in [3.63, 3.8) is 0 Å². The standard InChI is InChI=1S/C19H19Cl2NO3/c1-25-19(24)17(11-14-8-9-15(20)12-16(14)21)22-18(23)10-7-13-5-3-2-4-6-13/h2-6,8-9,12,17H,7,10-11H2,1H3,(H,22,23)/t17-/m1/s1. The van der Waals surface area contributed by atoms with Crippen LogP contribution in [0.2, 0.25) is 10.0 Å². The summed E-state index contributed by atoms with van der Waals surface area (Å²) in [5.41, 5.74) is 1.78. The summed E-state index contributed by atoms with van der Waals surface area (Å²) in [7, 11) is 1.29. The smallest absolute Gasteiger partial charge is 0.328 e. The van der Waals surface area contributed by atoms with Crippen molar-refractivity contribution in [1.82, 2.24) is 5.32 Å². The summed E-state index contributed by atoms with van der Waals surface area (Å²) in [6, 6.07) is 13.9. The number of nitrogens with one attached hydrogen (secondary N) is 1. The fourth-order valence-electron chi connectivity index (χ4n) is 2.41. The van der Waals surface area contributed by atoms with E-state index in [1.54, 1.807) is 18.2 Å². The largest absolute Gasteiger partial charge is 0.467 e. The van der Waals surface area contributed by atoms with Crippen LogP contribution < -0.4 is 5.32 Å². The predicted octanol–water partition coefficient (Wildman–Crippen LogP) is 3.83. The number of hydrogen-bond donors (Lipinski definition) is 1. The number of carbonyl (C=O) groups is 2. The highest BCUT2D eigenvalue weighted by atomic mass is 35.5. The molecule has 0 saturated carbocycles. The zero-order valence-electron chi connectivity index (χ0n) is 13.8. The predicted molar refractivity (Wildman–Crippen MR) is 98.9 cm³/mol. The maximum absolute atomic E-state index is 12.2. The zero-order valence-corrected chi connectivity index (χ0v) is 15.3. The fraction of sp³-hybridized carbons (Fsp3) is 0.263. The Balaban J connectivity index is 1.99. The molecule has 1 N–H and O–H groups in total. The number of aryl methyl sites for hydroxylation is 1. The topological polar surface area (TPSA) is 55.4 Å². The van der Waals surface area contributed by atoms with E-state index >= 15 is 0 Å². The number of carbonyl (C=O) groups excluding carboxylic acids is 2. The van der Waals surface area contributed by atoms with E-state index in [2.05, 4.69) is 5.32 Å². The van der Waals surface area contributed by atoms with Gasteiger partial charge in [-0.15, -0.1) is 0 Å². The molecule has 0 aromatic heterocycles. The Morgan fingerprint density at radius 1 is 1.12 bits per heavy atom. The molecule has 25 heavy (non-hydrogen) atoms. The van der Waals surface area contributed by atoms with Crippen LogP contribution in [0.25, 0.3) is 0 Å². The molecule has 0 radical (unpaired) electrons. The van der Waals surface area contributed by atoms with E-state index in [0.29, 0.717) is 22.0 Å². The second-order valence-corrected chi connectivity index (χ2v) is 6.41. The molecule has 0 unspecified atom stereocenters. The van der Waals surface area contributed by atoms with Crippen LogP contribution in [-0.2, 0) is 27.2 Å². The molecule has 4 nitrogen and oxygen atoms in total. The average molecular weight is 380 g/mol. The Morgan fingerprint density at radius 3 is 2.48 bits per heavy atom. The quantitative estimate of drug-likeness (QED) is 0.743. The number of ether oxygens (including phenoxy) is 1. The normalized spacial score (nSPS) is 11.6. The van der Waals surface area contributed by atoms with E-state index in [1.165, 1.54) is 7.11 Å². The van der Waals surface area contributed by atoms with Crippen LogP contribution in [0.3, 0.4) is 0 Å². The second kappa shape index (κ2) is 9.44. The molecule has 0 bridgehead atoms. The highest BCUT2D eigenvalue weighted by Crippen LogP contribution is 2.22. The van der Waals surface area contributed by atoms with Gasteiger partial charge in [0.15, 0.2) is 0 Å². The summed E-state index contributed by atoms with van der Waals surface area (Å²) in [6.07, 6.45) is 1.12. The van der Waals surface area contributed by atoms with Gasteiger partial charge in [-0.2, -0.15) is 0 Å². The van der Waals surface area contributed by atoms with Crippen molar-refractivity contribution in [3.05, 3.63) is 69.7 Å². The molecule has 0 aliphatic rings. The van der Waals surface area contributed by atoms with Crippen molar-refractivity contribution in [2.45, 2.75) is 25.3 Å². The van der Waals surface area contributed by atoms with Crippen molar-refractivity contribution < 1.29 is 14.3 Å². The highest BCUT2D eigenvalue weighted by molar-refractivity contribution is 6.35. The number of amides is 1. The molecule has 0 fully saturated rings. The molecule has 0 saturated heterocycles. The van der Waals surface area contributed by atoms with Gasteiger partial charge in [0.2, 0.25) is 5.91 Å². The lowest BCUT2D eigenvalue weighted by atomic mass is 10.0. The molecule has 2 rings (SSSR count). The molecule has 1 atom stereocenters. The third-order valence-electron chi connectivity index (χ3n) is 3.74. The number of benzene rings is 2. The summed E-state index contributed by atoms with van der Waals surface area (Å²) in [5, 5.41) is 3.68. The van der Waals surface area contributed by atoms with Crippen molar-refractivity contribution in [1.29, 1.82) is 0 Å². The van der Waals surface area contributed by atoms with Crippen LogP contribution in [-0.4, -0.2) is 25.0 Å². The second-order valence-electron chi connectivity index (χ2n) is 5.57. The van der Waals surface area contributed by atoms with Crippen molar-refractivity contribution in [2.75, 3.05) is 7.11 Å². The van der Waals surface area contributed by atoms with Crippen molar-refractivity contribution >= 4 is 35.1 Å². The van der Waals surface area contributed by atoms with Gasteiger partial charge in [0.05, 0.1) is 7.11 Å². The van der Waals surface area contributed by atoms with E-state index < -0.39 is 12.0 Å². The van der Waals surface area contributed by atoms with Gasteiger partial charge >= 0.3 is 5.97 Å². The van der Waals surface area contributed by atoms with Gasteiger partial charge in [-0.1, -0.05) is 59.6 Å². The maximum Gasteiger partial charge on any atom is 0.328 e. The van der Waals surface area contributed by atoms with Crippen LogP contribution in [0.15, 0.2) is 48.5 Å². The van der Waals surface area contributed by atoms with E-state index in [-0.39, 0.29) is 18.7 Å². The molecule has 2 aromatic rings. The highest BCUT2D eigenvalue weighted by Gasteiger charge is 2.23. The first kappa shape index (κ1) is 19.3. The van der Waals surface area contributed by atoms with Gasteiger partial charge in [0.25, 0.3) is 0 Å². The molecule has 0 aliphatic carbocycles. The number of esters is 1. The lowest BCUT2D eigenvalue weighted by molar-refractivity contribution is -0.145. The Bertz CT molecular complexity index is 735. The Kier molecular flexibility index (Phi) is 7.29. The molecule has 0 aliphatic heterocycles. The molecule has 1 amide bonds. The van der Waals surface area contributed by atoms with E-state index in [4.69, 9.17) is 27.9 Å². The fourth-order valence-corrected chi connectivity index (χ4v) is 2.90. The maximum atomic E-state index is 12.2. The van der Waals surface area contributed by atoms with Crippen LogP contribution in [0, 0.1) is 0 Å². The van der Waals surface area contributed by atoms with Crippen LogP contribution in [0.4, 0.5) is 0 Å². The van der Waals surface area contributed by atoms with Crippen LogP contribution >= 0.6 is 23.2 Å². The first-order valence-corrected chi connectivity index (χ1v) is 8.60. The number of methoxy groups -OCH3 is 1. The SMILES string of the molecule is COC(=O)[C@@H](Cc1ccc(Cl)cc1Cl)NC(=O)CCc1ccccc1. The van der Waals surface area contributed by atoms with Crippen LogP contribution in [0.5, 0.6) is 0 Å². The lowest BCUT2D eigenvalue weighted by Gasteiger charge is -2.17. The first-order chi connectivity index (χ1) is 12.0. The van der Waals surface area contributed by atoms with Gasteiger partial charge in [-0.05, 0) is 29.7 Å². The monoisotopic (exact) mass is 379 g/mol.